The standard InChI is InChI=1S/C19H14FN/c1-12-5-4-7-15-16-11-13(9-10-18(16)21-19(12)15)14-6-2-3-8-17(14)20/h2-11,21H,1H3. The minimum atomic E-state index is -0.187. The first-order chi connectivity index (χ1) is 10.2. The fourth-order valence-corrected chi connectivity index (χ4v) is 2.93. The summed E-state index contributed by atoms with van der Waals surface area (Å²) in [7, 11) is 0. The van der Waals surface area contributed by atoms with Crippen molar-refractivity contribution in [1.29, 1.82) is 0 Å². The Kier molecular flexibility index (Phi) is 2.58. The van der Waals surface area contributed by atoms with Crippen LogP contribution in [-0.2, 0) is 0 Å². The molecule has 0 aliphatic carbocycles. The van der Waals surface area contributed by atoms with E-state index >= 15 is 0 Å². The van der Waals surface area contributed by atoms with E-state index in [9.17, 15) is 4.39 Å². The predicted octanol–water partition coefficient (Wildman–Crippen LogP) is 5.44. The molecule has 21 heavy (non-hydrogen) atoms. The molecule has 0 aliphatic rings. The summed E-state index contributed by atoms with van der Waals surface area (Å²) >= 11 is 0. The van der Waals surface area contributed by atoms with E-state index in [-0.39, 0.29) is 5.82 Å². The van der Waals surface area contributed by atoms with Crippen molar-refractivity contribution in [3.63, 3.8) is 0 Å². The van der Waals surface area contributed by atoms with E-state index in [1.807, 2.05) is 24.3 Å². The number of fused-ring (bicyclic) bond motifs is 3. The van der Waals surface area contributed by atoms with E-state index in [2.05, 4.69) is 36.2 Å². The van der Waals surface area contributed by atoms with Gasteiger partial charge in [-0.1, -0.05) is 42.5 Å². The maximum atomic E-state index is 14.0. The van der Waals surface area contributed by atoms with Gasteiger partial charge in [0.05, 0.1) is 0 Å². The van der Waals surface area contributed by atoms with E-state index < -0.39 is 0 Å². The van der Waals surface area contributed by atoms with Crippen LogP contribution in [0.2, 0.25) is 0 Å². The zero-order chi connectivity index (χ0) is 14.4. The fourth-order valence-electron chi connectivity index (χ4n) is 2.93. The number of aromatic amines is 1. The van der Waals surface area contributed by atoms with E-state index in [4.69, 9.17) is 0 Å². The molecule has 4 rings (SSSR count). The molecule has 2 heteroatoms. The van der Waals surface area contributed by atoms with Crippen molar-refractivity contribution in [2.24, 2.45) is 0 Å². The summed E-state index contributed by atoms with van der Waals surface area (Å²) in [6, 6.07) is 19.2. The summed E-state index contributed by atoms with van der Waals surface area (Å²) in [5.74, 6) is -0.187. The van der Waals surface area contributed by atoms with Gasteiger partial charge < -0.3 is 4.98 Å². The third-order valence-corrected chi connectivity index (χ3v) is 4.03. The van der Waals surface area contributed by atoms with Crippen LogP contribution in [0, 0.1) is 12.7 Å². The summed E-state index contributed by atoms with van der Waals surface area (Å²) in [6.45, 7) is 2.09. The van der Waals surface area contributed by atoms with E-state index in [0.29, 0.717) is 5.56 Å². The molecule has 0 amide bonds. The number of aryl methyl sites for hydroxylation is 1. The third kappa shape index (κ3) is 1.83. The van der Waals surface area contributed by atoms with Gasteiger partial charge in [-0.2, -0.15) is 0 Å². The third-order valence-electron chi connectivity index (χ3n) is 4.03. The average Bonchev–Trinajstić information content (AvgIpc) is 2.87. The highest BCUT2D eigenvalue weighted by atomic mass is 19.1. The van der Waals surface area contributed by atoms with E-state index in [1.165, 1.54) is 17.0 Å². The van der Waals surface area contributed by atoms with Gasteiger partial charge in [0.1, 0.15) is 5.82 Å². The summed E-state index contributed by atoms with van der Waals surface area (Å²) in [4.78, 5) is 3.45. The Labute approximate surface area is 122 Å². The number of rotatable bonds is 1. The van der Waals surface area contributed by atoms with E-state index in [1.54, 1.807) is 6.07 Å². The molecule has 0 unspecified atom stereocenters. The Morgan fingerprint density at radius 3 is 2.57 bits per heavy atom. The topological polar surface area (TPSA) is 15.8 Å². The number of nitrogens with one attached hydrogen (secondary N) is 1. The van der Waals surface area contributed by atoms with Gasteiger partial charge in [0.2, 0.25) is 0 Å². The molecule has 0 fully saturated rings. The van der Waals surface area contributed by atoms with Gasteiger partial charge in [0.15, 0.2) is 0 Å². The van der Waals surface area contributed by atoms with Crippen LogP contribution in [0.15, 0.2) is 60.7 Å². The van der Waals surface area contributed by atoms with Gasteiger partial charge >= 0.3 is 0 Å². The average molecular weight is 275 g/mol. The van der Waals surface area contributed by atoms with Crippen molar-refractivity contribution < 1.29 is 4.39 Å². The maximum absolute atomic E-state index is 14.0. The van der Waals surface area contributed by atoms with Gasteiger partial charge in [-0.25, -0.2) is 4.39 Å². The van der Waals surface area contributed by atoms with Gasteiger partial charge in [-0.15, -0.1) is 0 Å². The Balaban J connectivity index is 2.04. The monoisotopic (exact) mass is 275 g/mol. The number of halogens is 1. The zero-order valence-corrected chi connectivity index (χ0v) is 11.7. The lowest BCUT2D eigenvalue weighted by atomic mass is 10.0. The van der Waals surface area contributed by atoms with Crippen molar-refractivity contribution >= 4 is 21.8 Å². The first kappa shape index (κ1) is 12.2. The number of aromatic nitrogens is 1. The molecule has 1 aromatic heterocycles. The van der Waals surface area contributed by atoms with Crippen molar-refractivity contribution in [3.8, 4) is 11.1 Å². The summed E-state index contributed by atoms with van der Waals surface area (Å²) in [6.07, 6.45) is 0. The maximum Gasteiger partial charge on any atom is 0.131 e. The Hall–Kier alpha value is -2.61. The SMILES string of the molecule is Cc1cccc2c1[nH]c1ccc(-c3ccccc3F)cc12. The Morgan fingerprint density at radius 2 is 1.71 bits per heavy atom. The van der Waals surface area contributed by atoms with Gasteiger partial charge in [-0.3, -0.25) is 0 Å². The molecular formula is C19H14FN. The molecule has 0 atom stereocenters. The zero-order valence-electron chi connectivity index (χ0n) is 11.7. The Morgan fingerprint density at radius 1 is 0.857 bits per heavy atom. The molecule has 0 bridgehead atoms. The minimum absolute atomic E-state index is 0.187. The number of benzene rings is 3. The molecule has 3 aromatic carbocycles. The molecule has 102 valence electrons. The summed E-state index contributed by atoms with van der Waals surface area (Å²) in [5, 5.41) is 2.32. The molecule has 1 heterocycles. The van der Waals surface area contributed by atoms with Crippen LogP contribution in [0.25, 0.3) is 32.9 Å². The van der Waals surface area contributed by atoms with Crippen molar-refractivity contribution in [3.05, 3.63) is 72.0 Å². The van der Waals surface area contributed by atoms with Crippen molar-refractivity contribution in [2.75, 3.05) is 0 Å². The molecule has 0 radical (unpaired) electrons. The molecule has 0 aliphatic heterocycles. The first-order valence-corrected chi connectivity index (χ1v) is 7.00. The predicted molar refractivity (Wildman–Crippen MR) is 85.9 cm³/mol. The highest BCUT2D eigenvalue weighted by molar-refractivity contribution is 6.09. The van der Waals surface area contributed by atoms with Gasteiger partial charge in [-0.05, 0) is 36.2 Å². The normalized spacial score (nSPS) is 11.3. The molecule has 1 nitrogen and oxygen atoms in total. The number of hydrogen-bond acceptors (Lipinski definition) is 0. The highest BCUT2D eigenvalue weighted by Gasteiger charge is 2.09. The van der Waals surface area contributed by atoms with Crippen LogP contribution >= 0.6 is 0 Å². The largest absolute Gasteiger partial charge is 0.354 e. The van der Waals surface area contributed by atoms with Crippen LogP contribution < -0.4 is 0 Å². The second kappa shape index (κ2) is 4.45. The smallest absolute Gasteiger partial charge is 0.131 e. The van der Waals surface area contributed by atoms with Crippen LogP contribution in [0.4, 0.5) is 4.39 Å². The lowest BCUT2D eigenvalue weighted by Gasteiger charge is -2.03. The molecule has 1 N–H and O–H groups in total. The second-order valence-corrected chi connectivity index (χ2v) is 5.36. The van der Waals surface area contributed by atoms with Crippen molar-refractivity contribution in [1.82, 2.24) is 4.98 Å². The van der Waals surface area contributed by atoms with Gasteiger partial charge in [0.25, 0.3) is 0 Å². The minimum Gasteiger partial charge on any atom is -0.354 e. The van der Waals surface area contributed by atoms with Crippen LogP contribution in [0.5, 0.6) is 0 Å². The van der Waals surface area contributed by atoms with Gasteiger partial charge in [0, 0.05) is 27.4 Å². The molecule has 4 aromatic rings. The van der Waals surface area contributed by atoms with Crippen molar-refractivity contribution in [2.45, 2.75) is 6.92 Å². The molecular weight excluding hydrogens is 261 g/mol. The Bertz CT molecular complexity index is 966. The number of H-pyrrole nitrogens is 1. The van der Waals surface area contributed by atoms with Crippen LogP contribution in [0.3, 0.4) is 0 Å². The fraction of sp³-hybridized carbons (Fsp3) is 0.0526. The highest BCUT2D eigenvalue weighted by Crippen LogP contribution is 2.32. The molecule has 0 saturated carbocycles. The molecule has 0 saturated heterocycles. The second-order valence-electron chi connectivity index (χ2n) is 5.36. The lowest BCUT2D eigenvalue weighted by Crippen LogP contribution is -1.83. The number of hydrogen-bond donors (Lipinski definition) is 1. The first-order valence-electron chi connectivity index (χ1n) is 7.00. The lowest BCUT2D eigenvalue weighted by molar-refractivity contribution is 0.631. The van der Waals surface area contributed by atoms with E-state index in [0.717, 1.165) is 22.0 Å². The van der Waals surface area contributed by atoms with Crippen LogP contribution in [-0.4, -0.2) is 4.98 Å². The quantitative estimate of drug-likeness (QED) is 0.476. The summed E-state index contributed by atoms with van der Waals surface area (Å²) < 4.78 is 14.0. The summed E-state index contributed by atoms with van der Waals surface area (Å²) in [5.41, 5.74) is 5.00. The number of para-hydroxylation sites is 1. The molecule has 0 spiro atoms. The van der Waals surface area contributed by atoms with Crippen LogP contribution in [0.1, 0.15) is 5.56 Å².